The number of aryl methyl sites for hydroxylation is 1. The predicted octanol–water partition coefficient (Wildman–Crippen LogP) is 1.63. The molecule has 1 aromatic carbocycles. The van der Waals surface area contributed by atoms with Gasteiger partial charge in [-0.15, -0.1) is 0 Å². The Morgan fingerprint density at radius 1 is 1.03 bits per heavy atom. The number of hydrogen-bond acceptors (Lipinski definition) is 6. The van der Waals surface area contributed by atoms with Crippen LogP contribution in [0.1, 0.15) is 5.69 Å². The summed E-state index contributed by atoms with van der Waals surface area (Å²) >= 11 is 0. The number of carbonyl (C=O) groups is 2. The summed E-state index contributed by atoms with van der Waals surface area (Å²) in [5, 5.41) is 1.08. The summed E-state index contributed by atoms with van der Waals surface area (Å²) in [6.07, 6.45) is 3.41. The number of rotatable bonds is 5. The molecular weight excluding hydrogens is 370 g/mol. The first-order valence-corrected chi connectivity index (χ1v) is 9.62. The van der Waals surface area contributed by atoms with E-state index in [2.05, 4.69) is 9.97 Å². The number of ether oxygens (including phenoxy) is 1. The first-order valence-electron chi connectivity index (χ1n) is 9.62. The summed E-state index contributed by atoms with van der Waals surface area (Å²) in [6, 6.07) is 11.7. The zero-order valence-electron chi connectivity index (χ0n) is 16.3. The lowest BCUT2D eigenvalue weighted by Crippen LogP contribution is -2.50. The summed E-state index contributed by atoms with van der Waals surface area (Å²) < 4.78 is 7.16. The van der Waals surface area contributed by atoms with Crippen LogP contribution in [0.3, 0.4) is 0 Å². The summed E-state index contributed by atoms with van der Waals surface area (Å²) in [5.41, 5.74) is 1.96. The van der Waals surface area contributed by atoms with Gasteiger partial charge in [-0.3, -0.25) is 9.59 Å². The van der Waals surface area contributed by atoms with E-state index < -0.39 is 5.97 Å². The highest BCUT2D eigenvalue weighted by Gasteiger charge is 2.23. The van der Waals surface area contributed by atoms with Crippen LogP contribution in [0.4, 0.5) is 5.95 Å². The lowest BCUT2D eigenvalue weighted by Gasteiger charge is -2.34. The Bertz CT molecular complexity index is 1010. The van der Waals surface area contributed by atoms with Crippen molar-refractivity contribution in [1.82, 2.24) is 19.4 Å². The maximum absolute atomic E-state index is 12.4. The second kappa shape index (κ2) is 8.30. The van der Waals surface area contributed by atoms with E-state index in [1.807, 2.05) is 46.7 Å². The molecule has 1 aliphatic rings. The highest BCUT2D eigenvalue weighted by Crippen LogP contribution is 2.19. The lowest BCUT2D eigenvalue weighted by atomic mass is 10.2. The minimum absolute atomic E-state index is 0.0890. The van der Waals surface area contributed by atoms with Gasteiger partial charge in [-0.25, -0.2) is 9.97 Å². The molecule has 2 aromatic heterocycles. The van der Waals surface area contributed by atoms with Gasteiger partial charge in [0.15, 0.2) is 6.61 Å². The Hall–Kier alpha value is -3.42. The van der Waals surface area contributed by atoms with E-state index in [0.29, 0.717) is 32.1 Å². The quantitative estimate of drug-likeness (QED) is 0.613. The largest absolute Gasteiger partial charge is 0.454 e. The Labute approximate surface area is 168 Å². The number of hydrogen-bond donors (Lipinski definition) is 0. The molecule has 1 saturated heterocycles. The molecule has 0 radical (unpaired) electrons. The molecule has 1 amide bonds. The zero-order valence-corrected chi connectivity index (χ0v) is 16.3. The van der Waals surface area contributed by atoms with Crippen molar-refractivity contribution in [3.05, 3.63) is 54.5 Å². The number of nitrogens with zero attached hydrogens (tertiary/aromatic N) is 5. The van der Waals surface area contributed by atoms with E-state index in [0.717, 1.165) is 16.6 Å². The van der Waals surface area contributed by atoms with Crippen LogP contribution < -0.4 is 4.90 Å². The lowest BCUT2D eigenvalue weighted by molar-refractivity contribution is -0.152. The molecule has 0 N–H and O–H groups in total. The van der Waals surface area contributed by atoms with Crippen molar-refractivity contribution in [2.75, 3.05) is 37.7 Å². The summed E-state index contributed by atoms with van der Waals surface area (Å²) in [6.45, 7) is 4.21. The SMILES string of the molecule is Cc1cc2ccccc2n1CC(=O)OCC(=O)N1CCN(c2ncccn2)CC1. The van der Waals surface area contributed by atoms with E-state index in [4.69, 9.17) is 4.74 Å². The van der Waals surface area contributed by atoms with Crippen LogP contribution in [0.2, 0.25) is 0 Å². The molecule has 1 aliphatic heterocycles. The second-order valence-electron chi connectivity index (χ2n) is 7.01. The monoisotopic (exact) mass is 393 g/mol. The van der Waals surface area contributed by atoms with Gasteiger partial charge in [-0.1, -0.05) is 18.2 Å². The van der Waals surface area contributed by atoms with Crippen molar-refractivity contribution in [2.24, 2.45) is 0 Å². The number of fused-ring (bicyclic) bond motifs is 1. The van der Waals surface area contributed by atoms with Crippen LogP contribution in [-0.2, 0) is 20.9 Å². The maximum Gasteiger partial charge on any atom is 0.326 e. The number of anilines is 1. The fourth-order valence-electron chi connectivity index (χ4n) is 3.58. The van der Waals surface area contributed by atoms with Crippen molar-refractivity contribution in [2.45, 2.75) is 13.5 Å². The van der Waals surface area contributed by atoms with Crippen molar-refractivity contribution in [1.29, 1.82) is 0 Å². The number of esters is 1. The molecule has 0 aliphatic carbocycles. The summed E-state index contributed by atoms with van der Waals surface area (Å²) in [5.74, 6) is 0.0699. The van der Waals surface area contributed by atoms with Crippen LogP contribution in [0.25, 0.3) is 10.9 Å². The van der Waals surface area contributed by atoms with Gasteiger partial charge in [0, 0.05) is 49.8 Å². The van der Waals surface area contributed by atoms with Gasteiger partial charge in [0.1, 0.15) is 6.54 Å². The van der Waals surface area contributed by atoms with Gasteiger partial charge in [0.05, 0.1) is 0 Å². The number of piperazine rings is 1. The third kappa shape index (κ3) is 4.21. The van der Waals surface area contributed by atoms with Crippen molar-refractivity contribution < 1.29 is 14.3 Å². The third-order valence-corrected chi connectivity index (χ3v) is 5.13. The van der Waals surface area contributed by atoms with E-state index in [9.17, 15) is 9.59 Å². The molecule has 3 aromatic rings. The molecule has 0 atom stereocenters. The average Bonchev–Trinajstić information content (AvgIpc) is 3.08. The molecule has 4 rings (SSSR count). The number of amides is 1. The zero-order chi connectivity index (χ0) is 20.2. The topological polar surface area (TPSA) is 80.6 Å². The van der Waals surface area contributed by atoms with E-state index in [-0.39, 0.29) is 19.1 Å². The molecule has 0 spiro atoms. The Morgan fingerprint density at radius 2 is 1.76 bits per heavy atom. The Kier molecular flexibility index (Phi) is 5.41. The first-order chi connectivity index (χ1) is 14.1. The molecular formula is C21H23N5O3. The molecule has 1 fully saturated rings. The van der Waals surface area contributed by atoms with Crippen LogP contribution in [0, 0.1) is 6.92 Å². The Morgan fingerprint density at radius 3 is 2.52 bits per heavy atom. The van der Waals surface area contributed by atoms with E-state index >= 15 is 0 Å². The van der Waals surface area contributed by atoms with Gasteiger partial charge < -0.3 is 19.1 Å². The number of para-hydroxylation sites is 1. The molecule has 8 nitrogen and oxygen atoms in total. The van der Waals surface area contributed by atoms with Crippen LogP contribution >= 0.6 is 0 Å². The summed E-state index contributed by atoms with van der Waals surface area (Å²) in [7, 11) is 0. The van der Waals surface area contributed by atoms with Crippen LogP contribution in [0.5, 0.6) is 0 Å². The van der Waals surface area contributed by atoms with Crippen molar-refractivity contribution >= 4 is 28.7 Å². The molecule has 0 unspecified atom stereocenters. The second-order valence-corrected chi connectivity index (χ2v) is 7.01. The summed E-state index contributed by atoms with van der Waals surface area (Å²) in [4.78, 5) is 36.9. The maximum atomic E-state index is 12.4. The smallest absolute Gasteiger partial charge is 0.326 e. The molecule has 8 heteroatoms. The van der Waals surface area contributed by atoms with Crippen molar-refractivity contribution in [3.8, 4) is 0 Å². The van der Waals surface area contributed by atoms with Crippen molar-refractivity contribution in [3.63, 3.8) is 0 Å². The van der Waals surface area contributed by atoms with Gasteiger partial charge in [0.25, 0.3) is 5.91 Å². The Balaban J connectivity index is 1.27. The highest BCUT2D eigenvalue weighted by molar-refractivity contribution is 5.84. The first kappa shape index (κ1) is 18.9. The fraction of sp³-hybridized carbons (Fsp3) is 0.333. The van der Waals surface area contributed by atoms with Gasteiger partial charge in [0.2, 0.25) is 5.95 Å². The number of aromatic nitrogens is 3. The molecule has 29 heavy (non-hydrogen) atoms. The number of benzene rings is 1. The van der Waals surface area contributed by atoms with Crippen LogP contribution in [0.15, 0.2) is 48.8 Å². The molecule has 150 valence electrons. The van der Waals surface area contributed by atoms with Crippen LogP contribution in [-0.4, -0.2) is 64.1 Å². The predicted molar refractivity (Wildman–Crippen MR) is 108 cm³/mol. The molecule has 3 heterocycles. The van der Waals surface area contributed by atoms with Gasteiger partial charge in [-0.05, 0) is 30.5 Å². The highest BCUT2D eigenvalue weighted by atomic mass is 16.5. The molecule has 0 saturated carbocycles. The number of carbonyl (C=O) groups excluding carboxylic acids is 2. The normalized spacial score (nSPS) is 14.2. The molecule has 0 bridgehead atoms. The third-order valence-electron chi connectivity index (χ3n) is 5.13. The minimum Gasteiger partial charge on any atom is -0.454 e. The minimum atomic E-state index is -0.417. The van der Waals surface area contributed by atoms with E-state index in [1.165, 1.54) is 0 Å². The van der Waals surface area contributed by atoms with Gasteiger partial charge in [-0.2, -0.15) is 0 Å². The van der Waals surface area contributed by atoms with E-state index in [1.54, 1.807) is 23.4 Å². The van der Waals surface area contributed by atoms with Gasteiger partial charge >= 0.3 is 5.97 Å². The standard InChI is InChI=1S/C21H23N5O3/c1-16-13-17-5-2-3-6-18(17)26(16)14-20(28)29-15-19(27)24-9-11-25(12-10-24)21-22-7-4-8-23-21/h2-8,13H,9-12,14-15H2,1H3. The fourth-order valence-corrected chi connectivity index (χ4v) is 3.58. The average molecular weight is 393 g/mol.